The van der Waals surface area contributed by atoms with Crippen LogP contribution in [-0.2, 0) is 67.1 Å². The quantitative estimate of drug-likeness (QED) is 0.0328. The molecule has 1 unspecified atom stereocenters. The lowest BCUT2D eigenvalue weighted by Gasteiger charge is -2.30. The summed E-state index contributed by atoms with van der Waals surface area (Å²) < 4.78 is 0. The fourth-order valence-electron chi connectivity index (χ4n) is 9.96. The van der Waals surface area contributed by atoms with Gasteiger partial charge in [-0.15, -0.1) is 0 Å². The maximum atomic E-state index is 14.2. The van der Waals surface area contributed by atoms with Gasteiger partial charge in [-0.25, -0.2) is 4.79 Å². The molecular weight excluding hydrogens is 1260 g/mol. The van der Waals surface area contributed by atoms with Crippen LogP contribution < -0.4 is 58.5 Å². The highest BCUT2D eigenvalue weighted by Gasteiger charge is 2.39. The Morgan fingerprint density at radius 2 is 0.615 bits per heavy atom. The maximum absolute atomic E-state index is 14.2. The number of unbranched alkanes of at least 4 members (excludes halogenated alkanes) is 4. The van der Waals surface area contributed by atoms with E-state index in [9.17, 15) is 103 Å². The Kier molecular flexibility index (Phi) is 42.2. The SMILES string of the molecule is CCCCCCCC(O)CC(=O)N[C@H](CC(C)C)C(=O)N[C@H](CC(=O)O)C(=O)N[C@@H](C(=O)N[C@H](CC(C)C)C(=O)N[C@H](CC(C)C)C(=O)N[C@H](CO)C(=O)N[C@@H](CC(C)C)C(=O)N[C@H](CO)C(=O)N[C@H](C(=O)N[C@H](C(=O)N[C@@H](CC(=O)O)C(=O)O)[C@@H](C)CC)[C@@H](C)CC)[C@H](C)O. The van der Waals surface area contributed by atoms with Crippen molar-refractivity contribution in [3.63, 3.8) is 0 Å². The largest absolute Gasteiger partial charge is 0.481 e. The van der Waals surface area contributed by atoms with Crippen molar-refractivity contribution in [3.8, 4) is 0 Å². The van der Waals surface area contributed by atoms with Crippen LogP contribution in [0.25, 0.3) is 0 Å². The number of nitrogens with one attached hydrogen (secondary N) is 11. The highest BCUT2D eigenvalue weighted by molar-refractivity contribution is 6.00. The van der Waals surface area contributed by atoms with Crippen LogP contribution in [0.15, 0.2) is 0 Å². The standard InChI is InChI=1S/C64H113N11O21/c1-15-18-19-20-21-22-39(79)27-48(80)65-40(23-32(4)5)54(85)68-44(28-49(81)82)58(89)75-53(38(14)78)63(94)69-43(26-35(10)11)55(86)66-41(24-33(6)7)56(87)71-46(30-76)59(90)67-42(25-34(8)9)57(88)72-47(31-77)60(91)73-52(37(13)17-3)62(93)74-51(36(12)16-2)61(92)70-45(64(95)96)29-50(83)84/h32-47,51-53,76-79H,15-31H2,1-14H3,(H,65,80)(H,66,86)(H,67,90)(H,68,85)(H,69,94)(H,70,92)(H,71,87)(H,72,88)(H,73,91)(H,74,93)(H,75,89)(H,81,82)(H,83,84)(H,95,96)/t36-,37-,38-,39?,40+,41+,42-,43+,44+,45-,46+,47+,51-,52-,53+/m0/s1. The van der Waals surface area contributed by atoms with Gasteiger partial charge in [-0.1, -0.05) is 135 Å². The minimum absolute atomic E-state index is 0.0459. The number of aliphatic hydroxyl groups is 4. The molecule has 18 N–H and O–H groups in total. The Labute approximate surface area is 563 Å². The number of carboxylic acid groups (broad SMARTS) is 3. The lowest BCUT2D eigenvalue weighted by molar-refractivity contribution is -0.147. The number of carbonyl (C=O) groups excluding carboxylic acids is 11. The molecule has 96 heavy (non-hydrogen) atoms. The van der Waals surface area contributed by atoms with Crippen LogP contribution in [0.5, 0.6) is 0 Å². The van der Waals surface area contributed by atoms with E-state index in [4.69, 9.17) is 0 Å². The number of aliphatic hydroxyl groups excluding tert-OH is 4. The molecule has 11 amide bonds. The predicted molar refractivity (Wildman–Crippen MR) is 350 cm³/mol. The molecule has 550 valence electrons. The van der Waals surface area contributed by atoms with Crippen LogP contribution in [-0.4, -0.2) is 211 Å². The highest BCUT2D eigenvalue weighted by Crippen LogP contribution is 2.17. The van der Waals surface area contributed by atoms with Crippen LogP contribution >= 0.6 is 0 Å². The van der Waals surface area contributed by atoms with E-state index in [0.29, 0.717) is 12.8 Å². The van der Waals surface area contributed by atoms with Gasteiger partial charge in [0.2, 0.25) is 65.0 Å². The summed E-state index contributed by atoms with van der Waals surface area (Å²) >= 11 is 0. The highest BCUT2D eigenvalue weighted by atomic mass is 16.4. The summed E-state index contributed by atoms with van der Waals surface area (Å²) in [7, 11) is 0. The molecule has 0 aliphatic heterocycles. The number of aliphatic carboxylic acids is 3. The number of amides is 11. The van der Waals surface area contributed by atoms with Crippen LogP contribution in [0.4, 0.5) is 0 Å². The fourth-order valence-corrected chi connectivity index (χ4v) is 9.96. The molecule has 0 radical (unpaired) electrons. The van der Waals surface area contributed by atoms with Gasteiger partial charge < -0.3 is 94.2 Å². The first kappa shape index (κ1) is 88.4. The van der Waals surface area contributed by atoms with Gasteiger partial charge in [0.15, 0.2) is 0 Å². The fraction of sp³-hybridized carbons (Fsp3) is 0.781. The minimum atomic E-state index is -1.88. The summed E-state index contributed by atoms with van der Waals surface area (Å²) in [6.45, 7) is 21.2. The molecule has 0 aliphatic rings. The average Bonchev–Trinajstić information content (AvgIpc) is 0.869. The lowest BCUT2D eigenvalue weighted by Crippen LogP contribution is -2.62. The Morgan fingerprint density at radius 1 is 0.323 bits per heavy atom. The van der Waals surface area contributed by atoms with E-state index in [0.717, 1.165) is 32.6 Å². The summed E-state index contributed by atoms with van der Waals surface area (Å²) in [4.78, 5) is 187. The number of carboxylic acids is 3. The molecule has 0 fully saturated rings. The van der Waals surface area contributed by atoms with E-state index in [1.54, 1.807) is 83.1 Å². The molecule has 0 saturated carbocycles. The van der Waals surface area contributed by atoms with Gasteiger partial charge in [0.25, 0.3) is 0 Å². The van der Waals surface area contributed by atoms with Gasteiger partial charge in [-0.3, -0.25) is 62.3 Å². The third-order valence-corrected chi connectivity index (χ3v) is 15.7. The van der Waals surface area contributed by atoms with Gasteiger partial charge in [0.05, 0.1) is 44.7 Å². The molecule has 0 aromatic heterocycles. The first-order valence-corrected chi connectivity index (χ1v) is 33.3. The van der Waals surface area contributed by atoms with Gasteiger partial charge in [0, 0.05) is 0 Å². The summed E-state index contributed by atoms with van der Waals surface area (Å²) in [5.41, 5.74) is 0. The first-order chi connectivity index (χ1) is 44.8. The molecule has 32 nitrogen and oxygen atoms in total. The summed E-state index contributed by atoms with van der Waals surface area (Å²) in [6.07, 6.45) is 0.240. The number of hydrogen-bond acceptors (Lipinski definition) is 18. The molecular formula is C64H113N11O21. The Morgan fingerprint density at radius 3 is 0.979 bits per heavy atom. The second-order valence-electron chi connectivity index (χ2n) is 26.5. The van der Waals surface area contributed by atoms with Crippen LogP contribution in [0, 0.1) is 35.5 Å². The van der Waals surface area contributed by atoms with E-state index < -0.39 is 199 Å². The van der Waals surface area contributed by atoms with Crippen molar-refractivity contribution in [2.24, 2.45) is 35.5 Å². The van der Waals surface area contributed by atoms with Gasteiger partial charge in [-0.2, -0.15) is 0 Å². The molecule has 0 saturated heterocycles. The Bertz CT molecular complexity index is 2550. The van der Waals surface area contributed by atoms with Crippen molar-refractivity contribution in [3.05, 3.63) is 0 Å². The van der Waals surface area contributed by atoms with Crippen molar-refractivity contribution >= 4 is 82.9 Å². The molecule has 0 spiro atoms. The monoisotopic (exact) mass is 1370 g/mol. The summed E-state index contributed by atoms with van der Waals surface area (Å²) in [5, 5.41) is 97.2. The summed E-state index contributed by atoms with van der Waals surface area (Å²) in [6, 6.07) is -17.7. The third-order valence-electron chi connectivity index (χ3n) is 15.7. The van der Waals surface area contributed by atoms with Gasteiger partial charge in [-0.05, 0) is 74.5 Å². The molecule has 0 rings (SSSR count). The van der Waals surface area contributed by atoms with Gasteiger partial charge >= 0.3 is 17.9 Å². The van der Waals surface area contributed by atoms with Crippen molar-refractivity contribution < 1.29 is 103 Å². The van der Waals surface area contributed by atoms with E-state index >= 15 is 0 Å². The van der Waals surface area contributed by atoms with E-state index in [1.165, 1.54) is 0 Å². The lowest BCUT2D eigenvalue weighted by atomic mass is 9.94. The normalized spacial score (nSPS) is 16.1. The molecule has 32 heteroatoms. The van der Waals surface area contributed by atoms with Gasteiger partial charge in [0.1, 0.15) is 66.5 Å². The van der Waals surface area contributed by atoms with E-state index in [-0.39, 0.29) is 68.6 Å². The number of rotatable bonds is 49. The van der Waals surface area contributed by atoms with E-state index in [2.05, 4.69) is 65.4 Å². The van der Waals surface area contributed by atoms with Crippen molar-refractivity contribution in [1.82, 2.24) is 58.5 Å². The Balaban J connectivity index is 6.62. The minimum Gasteiger partial charge on any atom is -0.481 e. The van der Waals surface area contributed by atoms with Crippen LogP contribution in [0.3, 0.4) is 0 Å². The topological polar surface area (TPSA) is 513 Å². The van der Waals surface area contributed by atoms with Crippen molar-refractivity contribution in [1.29, 1.82) is 0 Å². The molecule has 0 heterocycles. The summed E-state index contributed by atoms with van der Waals surface area (Å²) in [5.74, 6) is -18.3. The zero-order valence-electron chi connectivity index (χ0n) is 58.3. The smallest absolute Gasteiger partial charge is 0.326 e. The Hall–Kier alpha value is -7.58. The predicted octanol–water partition coefficient (Wildman–Crippen LogP) is -0.893. The molecule has 0 aliphatic carbocycles. The maximum Gasteiger partial charge on any atom is 0.326 e. The number of hydrogen-bond donors (Lipinski definition) is 18. The average molecular weight is 1370 g/mol. The van der Waals surface area contributed by atoms with Crippen LogP contribution in [0.1, 0.15) is 193 Å². The third kappa shape index (κ3) is 34.4. The molecule has 0 bridgehead atoms. The van der Waals surface area contributed by atoms with Crippen molar-refractivity contribution in [2.75, 3.05) is 13.2 Å². The van der Waals surface area contributed by atoms with Crippen molar-refractivity contribution in [2.45, 2.75) is 272 Å². The first-order valence-electron chi connectivity index (χ1n) is 33.3. The zero-order chi connectivity index (χ0) is 73.9. The van der Waals surface area contributed by atoms with E-state index in [1.807, 2.05) is 0 Å². The second kappa shape index (κ2) is 45.8. The van der Waals surface area contributed by atoms with Crippen LogP contribution in [0.2, 0.25) is 0 Å². The molecule has 0 aromatic carbocycles. The number of carbonyl (C=O) groups is 14. The zero-order valence-corrected chi connectivity index (χ0v) is 58.3. The second-order valence-corrected chi connectivity index (χ2v) is 26.5. The molecule has 15 atom stereocenters. The molecule has 0 aromatic rings.